The van der Waals surface area contributed by atoms with E-state index >= 15 is 0 Å². The van der Waals surface area contributed by atoms with Gasteiger partial charge in [0.15, 0.2) is 0 Å². The fourth-order valence-corrected chi connectivity index (χ4v) is 1.98. The molecular weight excluding hydrogens is 268 g/mol. The van der Waals surface area contributed by atoms with Crippen LogP contribution in [0, 0.1) is 10.1 Å². The maximum Gasteiger partial charge on any atom is 0.269 e. The van der Waals surface area contributed by atoms with Crippen LogP contribution in [0.3, 0.4) is 0 Å². The predicted octanol–water partition coefficient (Wildman–Crippen LogP) is 2.96. The highest BCUT2D eigenvalue weighted by atomic mass is 35.5. The zero-order valence-electron chi connectivity index (χ0n) is 9.52. The molecule has 3 rings (SSSR count). The second kappa shape index (κ2) is 4.33. The Labute approximate surface area is 112 Å². The Morgan fingerprint density at radius 2 is 1.89 bits per heavy atom. The van der Waals surface area contributed by atoms with Crippen molar-refractivity contribution in [3.05, 3.63) is 58.0 Å². The normalized spacial score (nSPS) is 10.8. The molecule has 0 spiro atoms. The van der Waals surface area contributed by atoms with E-state index in [0.29, 0.717) is 0 Å². The first-order chi connectivity index (χ1) is 9.15. The Hall–Kier alpha value is -2.47. The van der Waals surface area contributed by atoms with Crippen molar-refractivity contribution in [2.24, 2.45) is 0 Å². The lowest BCUT2D eigenvalue weighted by molar-refractivity contribution is -0.384. The molecule has 2 heterocycles. The molecule has 0 aliphatic carbocycles. The van der Waals surface area contributed by atoms with Crippen molar-refractivity contribution in [1.82, 2.24) is 14.6 Å². The second-order valence-electron chi connectivity index (χ2n) is 3.89. The summed E-state index contributed by atoms with van der Waals surface area (Å²) in [6.45, 7) is 0. The minimum atomic E-state index is -0.431. The highest BCUT2D eigenvalue weighted by molar-refractivity contribution is 6.28. The molecule has 0 saturated carbocycles. The summed E-state index contributed by atoms with van der Waals surface area (Å²) in [5, 5.41) is 14.9. The lowest BCUT2D eigenvalue weighted by Gasteiger charge is -2.02. The smallest absolute Gasteiger partial charge is 0.258 e. The Morgan fingerprint density at radius 3 is 2.58 bits per heavy atom. The van der Waals surface area contributed by atoms with Gasteiger partial charge in [-0.25, -0.2) is 9.50 Å². The second-order valence-corrected chi connectivity index (χ2v) is 4.22. The minimum absolute atomic E-state index is 0.0530. The van der Waals surface area contributed by atoms with Crippen LogP contribution >= 0.6 is 11.6 Å². The molecule has 0 amide bonds. The molecule has 0 saturated heterocycles. The number of rotatable bonds is 2. The number of nitrogens with zero attached hydrogens (tertiary/aromatic N) is 4. The fraction of sp³-hybridized carbons (Fsp3) is 0. The molecular formula is C12H7ClN4O2. The number of halogens is 1. The standard InChI is InChI=1S/C12H7ClN4O2/c13-12-14-7-10-5-6-11(16(10)15-12)8-1-3-9(4-2-8)17(18)19/h1-7H. The monoisotopic (exact) mass is 274 g/mol. The summed E-state index contributed by atoms with van der Waals surface area (Å²) in [6, 6.07) is 9.98. The van der Waals surface area contributed by atoms with Crippen LogP contribution in [0.4, 0.5) is 5.69 Å². The molecule has 0 N–H and O–H groups in total. The summed E-state index contributed by atoms with van der Waals surface area (Å²) < 4.78 is 1.65. The number of non-ortho nitro benzene ring substituents is 1. The molecule has 6 nitrogen and oxygen atoms in total. The number of fused-ring (bicyclic) bond motifs is 1. The fourth-order valence-electron chi connectivity index (χ4n) is 1.85. The van der Waals surface area contributed by atoms with Gasteiger partial charge in [0.2, 0.25) is 5.28 Å². The van der Waals surface area contributed by atoms with Crippen LogP contribution in [0.2, 0.25) is 5.28 Å². The van der Waals surface area contributed by atoms with E-state index in [0.717, 1.165) is 16.8 Å². The number of nitro groups is 1. The van der Waals surface area contributed by atoms with Crippen LogP contribution in [0.5, 0.6) is 0 Å². The van der Waals surface area contributed by atoms with Crippen LogP contribution < -0.4 is 0 Å². The van der Waals surface area contributed by atoms with Crippen molar-refractivity contribution in [3.63, 3.8) is 0 Å². The largest absolute Gasteiger partial charge is 0.269 e. The molecule has 0 aliphatic rings. The molecule has 2 aromatic heterocycles. The SMILES string of the molecule is O=[N+]([O-])c1ccc(-c2ccc3cnc(Cl)nn23)cc1. The van der Waals surface area contributed by atoms with Crippen molar-refractivity contribution >= 4 is 22.8 Å². The van der Waals surface area contributed by atoms with E-state index in [1.165, 1.54) is 12.1 Å². The molecule has 1 aromatic carbocycles. The molecule has 0 fully saturated rings. The van der Waals surface area contributed by atoms with Gasteiger partial charge in [0.25, 0.3) is 5.69 Å². The Bertz CT molecular complexity index is 767. The third-order valence-corrected chi connectivity index (χ3v) is 2.92. The van der Waals surface area contributed by atoms with Crippen molar-refractivity contribution in [2.45, 2.75) is 0 Å². The molecule has 0 radical (unpaired) electrons. The molecule has 0 bridgehead atoms. The summed E-state index contributed by atoms with van der Waals surface area (Å²) in [4.78, 5) is 14.1. The Balaban J connectivity index is 2.13. The summed E-state index contributed by atoms with van der Waals surface area (Å²) in [7, 11) is 0. The maximum atomic E-state index is 10.6. The van der Waals surface area contributed by atoms with E-state index in [9.17, 15) is 10.1 Å². The van der Waals surface area contributed by atoms with Crippen LogP contribution in [0.15, 0.2) is 42.6 Å². The van der Waals surface area contributed by atoms with E-state index in [1.54, 1.807) is 22.8 Å². The third-order valence-electron chi connectivity index (χ3n) is 2.74. The molecule has 0 atom stereocenters. The van der Waals surface area contributed by atoms with Gasteiger partial charge < -0.3 is 0 Å². The van der Waals surface area contributed by atoms with E-state index in [1.807, 2.05) is 12.1 Å². The minimum Gasteiger partial charge on any atom is -0.258 e. The van der Waals surface area contributed by atoms with Gasteiger partial charge in [-0.3, -0.25) is 10.1 Å². The summed E-state index contributed by atoms with van der Waals surface area (Å²) in [6.07, 6.45) is 1.62. The van der Waals surface area contributed by atoms with Crippen molar-refractivity contribution in [1.29, 1.82) is 0 Å². The number of nitro benzene ring substituents is 1. The first kappa shape index (κ1) is 11.6. The van der Waals surface area contributed by atoms with E-state index in [4.69, 9.17) is 11.6 Å². The van der Waals surface area contributed by atoms with Crippen LogP contribution in [-0.2, 0) is 0 Å². The van der Waals surface area contributed by atoms with E-state index in [2.05, 4.69) is 10.1 Å². The van der Waals surface area contributed by atoms with Crippen LogP contribution in [0.25, 0.3) is 16.8 Å². The average Bonchev–Trinajstić information content (AvgIpc) is 2.81. The molecule has 3 aromatic rings. The van der Waals surface area contributed by atoms with Gasteiger partial charge in [-0.2, -0.15) is 0 Å². The predicted molar refractivity (Wildman–Crippen MR) is 70.1 cm³/mol. The van der Waals surface area contributed by atoms with Gasteiger partial charge in [0, 0.05) is 17.7 Å². The van der Waals surface area contributed by atoms with Crippen LogP contribution in [0.1, 0.15) is 0 Å². The lowest BCUT2D eigenvalue weighted by Crippen LogP contribution is -1.96. The topological polar surface area (TPSA) is 73.3 Å². The number of benzene rings is 1. The zero-order valence-corrected chi connectivity index (χ0v) is 10.3. The molecule has 0 unspecified atom stereocenters. The highest BCUT2D eigenvalue weighted by Gasteiger charge is 2.09. The van der Waals surface area contributed by atoms with Crippen molar-refractivity contribution in [2.75, 3.05) is 0 Å². The lowest BCUT2D eigenvalue weighted by atomic mass is 10.1. The highest BCUT2D eigenvalue weighted by Crippen LogP contribution is 2.24. The van der Waals surface area contributed by atoms with Gasteiger partial charge in [-0.1, -0.05) is 0 Å². The Morgan fingerprint density at radius 1 is 1.16 bits per heavy atom. The van der Waals surface area contributed by atoms with Gasteiger partial charge >= 0.3 is 0 Å². The molecule has 7 heteroatoms. The number of hydrogen-bond acceptors (Lipinski definition) is 4. The number of hydrogen-bond donors (Lipinski definition) is 0. The van der Waals surface area contributed by atoms with Gasteiger partial charge in [0.05, 0.1) is 22.3 Å². The maximum absolute atomic E-state index is 10.6. The van der Waals surface area contributed by atoms with Gasteiger partial charge in [0.1, 0.15) is 0 Å². The van der Waals surface area contributed by atoms with E-state index < -0.39 is 4.92 Å². The van der Waals surface area contributed by atoms with Crippen molar-refractivity contribution in [3.8, 4) is 11.3 Å². The van der Waals surface area contributed by atoms with Gasteiger partial charge in [-0.15, -0.1) is 5.10 Å². The average molecular weight is 275 g/mol. The third kappa shape index (κ3) is 2.02. The van der Waals surface area contributed by atoms with E-state index in [-0.39, 0.29) is 11.0 Å². The van der Waals surface area contributed by atoms with Gasteiger partial charge in [-0.05, 0) is 35.9 Å². The van der Waals surface area contributed by atoms with Crippen molar-refractivity contribution < 1.29 is 4.92 Å². The first-order valence-electron chi connectivity index (χ1n) is 5.40. The molecule has 94 valence electrons. The summed E-state index contributed by atoms with van der Waals surface area (Å²) in [5.41, 5.74) is 2.48. The first-order valence-corrected chi connectivity index (χ1v) is 5.78. The summed E-state index contributed by atoms with van der Waals surface area (Å²) in [5.74, 6) is 0. The van der Waals surface area contributed by atoms with Crippen LogP contribution in [-0.4, -0.2) is 19.5 Å². The molecule has 0 aliphatic heterocycles. The quantitative estimate of drug-likeness (QED) is 0.532. The zero-order chi connectivity index (χ0) is 13.4. The number of aromatic nitrogens is 3. The molecule has 19 heavy (non-hydrogen) atoms. The summed E-state index contributed by atoms with van der Waals surface area (Å²) >= 11 is 5.77. The Kier molecular flexibility index (Phi) is 2.64.